The number of amides is 1. The lowest BCUT2D eigenvalue weighted by molar-refractivity contribution is 0.102. The molecule has 5 nitrogen and oxygen atoms in total. The topological polar surface area (TPSA) is 56.1 Å². The van der Waals surface area contributed by atoms with Crippen molar-refractivity contribution in [2.45, 2.75) is 0 Å². The average molecular weight is 436 g/mol. The highest BCUT2D eigenvalue weighted by atomic mass is 79.9. The van der Waals surface area contributed by atoms with Gasteiger partial charge in [0.05, 0.1) is 23.7 Å². The van der Waals surface area contributed by atoms with Crippen molar-refractivity contribution < 1.29 is 9.53 Å². The minimum atomic E-state index is -0.207. The summed E-state index contributed by atoms with van der Waals surface area (Å²) in [7, 11) is 3.57. The van der Waals surface area contributed by atoms with E-state index >= 15 is 0 Å². The van der Waals surface area contributed by atoms with E-state index in [9.17, 15) is 4.79 Å². The summed E-state index contributed by atoms with van der Waals surface area (Å²) >= 11 is 3.41. The van der Waals surface area contributed by atoms with Crippen LogP contribution in [0.15, 0.2) is 71.2 Å². The Morgan fingerprint density at radius 1 is 1.07 bits per heavy atom. The lowest BCUT2D eigenvalue weighted by atomic mass is 10.1. The molecule has 0 unspecified atom stereocenters. The standard InChI is InChI=1S/C22H18BrN3O2/c1-26-20-6-4-3-5-19(20)25-21(26)14-7-9-15(10-8-14)24-22(27)17-13-16(28-2)11-12-18(17)23/h3-13H,1-2H3,(H,24,27). The van der Waals surface area contributed by atoms with Gasteiger partial charge >= 0.3 is 0 Å². The molecule has 0 saturated carbocycles. The van der Waals surface area contributed by atoms with Crippen molar-refractivity contribution in [2.24, 2.45) is 7.05 Å². The first-order chi connectivity index (χ1) is 13.6. The molecule has 0 bridgehead atoms. The van der Waals surface area contributed by atoms with E-state index < -0.39 is 0 Å². The van der Waals surface area contributed by atoms with Gasteiger partial charge < -0.3 is 14.6 Å². The van der Waals surface area contributed by atoms with Crippen LogP contribution >= 0.6 is 15.9 Å². The number of ether oxygens (including phenoxy) is 1. The van der Waals surface area contributed by atoms with Crippen molar-refractivity contribution in [3.8, 4) is 17.1 Å². The number of fused-ring (bicyclic) bond motifs is 1. The Balaban J connectivity index is 1.58. The normalized spacial score (nSPS) is 10.8. The number of imidazole rings is 1. The largest absolute Gasteiger partial charge is 0.497 e. The third-order valence-electron chi connectivity index (χ3n) is 4.61. The Kier molecular flexibility index (Phi) is 4.88. The number of carbonyl (C=O) groups is 1. The van der Waals surface area contributed by atoms with Gasteiger partial charge in [0.2, 0.25) is 0 Å². The zero-order chi connectivity index (χ0) is 19.7. The van der Waals surface area contributed by atoms with Gasteiger partial charge in [0.15, 0.2) is 0 Å². The fraction of sp³-hybridized carbons (Fsp3) is 0.0909. The van der Waals surface area contributed by atoms with Crippen LogP contribution in [0.3, 0.4) is 0 Å². The zero-order valence-corrected chi connectivity index (χ0v) is 17.0. The molecule has 0 spiro atoms. The van der Waals surface area contributed by atoms with E-state index in [1.165, 1.54) is 0 Å². The number of rotatable bonds is 4. The van der Waals surface area contributed by atoms with Crippen molar-refractivity contribution in [2.75, 3.05) is 12.4 Å². The summed E-state index contributed by atoms with van der Waals surface area (Å²) in [6.45, 7) is 0. The third-order valence-corrected chi connectivity index (χ3v) is 5.30. The van der Waals surface area contributed by atoms with E-state index in [0.29, 0.717) is 21.5 Å². The molecule has 1 N–H and O–H groups in total. The number of benzene rings is 3. The molecule has 28 heavy (non-hydrogen) atoms. The maximum atomic E-state index is 12.6. The van der Waals surface area contributed by atoms with Gasteiger partial charge in [-0.15, -0.1) is 0 Å². The monoisotopic (exact) mass is 435 g/mol. The number of carbonyl (C=O) groups excluding carboxylic acids is 1. The smallest absolute Gasteiger partial charge is 0.256 e. The summed E-state index contributed by atoms with van der Waals surface area (Å²) in [5.41, 5.74) is 4.25. The quantitative estimate of drug-likeness (QED) is 0.475. The first-order valence-corrected chi connectivity index (χ1v) is 9.53. The lowest BCUT2D eigenvalue weighted by Crippen LogP contribution is -2.12. The fourth-order valence-corrected chi connectivity index (χ4v) is 3.54. The Hall–Kier alpha value is -3.12. The molecular formula is C22H18BrN3O2. The molecular weight excluding hydrogens is 418 g/mol. The van der Waals surface area contributed by atoms with E-state index in [1.54, 1.807) is 25.3 Å². The Morgan fingerprint density at radius 3 is 2.54 bits per heavy atom. The van der Waals surface area contributed by atoms with Gasteiger partial charge in [0.1, 0.15) is 11.6 Å². The number of para-hydroxylation sites is 2. The number of hydrogen-bond acceptors (Lipinski definition) is 3. The minimum Gasteiger partial charge on any atom is -0.497 e. The predicted molar refractivity (Wildman–Crippen MR) is 115 cm³/mol. The van der Waals surface area contributed by atoms with E-state index in [0.717, 1.165) is 22.4 Å². The van der Waals surface area contributed by atoms with Crippen LogP contribution in [0.2, 0.25) is 0 Å². The summed E-state index contributed by atoms with van der Waals surface area (Å²) in [6.07, 6.45) is 0. The Labute approximate surface area is 171 Å². The molecule has 6 heteroatoms. The average Bonchev–Trinajstić information content (AvgIpc) is 3.06. The molecule has 1 heterocycles. The van der Waals surface area contributed by atoms with E-state index in [4.69, 9.17) is 9.72 Å². The van der Waals surface area contributed by atoms with Crippen molar-refractivity contribution >= 4 is 38.6 Å². The van der Waals surface area contributed by atoms with Crippen LogP contribution in [0.4, 0.5) is 5.69 Å². The summed E-state index contributed by atoms with van der Waals surface area (Å²) < 4.78 is 7.98. The maximum Gasteiger partial charge on any atom is 0.256 e. The molecule has 1 amide bonds. The SMILES string of the molecule is COc1ccc(Br)c(C(=O)Nc2ccc(-c3nc4ccccc4n3C)cc2)c1. The summed E-state index contributed by atoms with van der Waals surface area (Å²) in [5.74, 6) is 1.31. The van der Waals surface area contributed by atoms with Gasteiger partial charge in [-0.3, -0.25) is 4.79 Å². The Bertz CT molecular complexity index is 1170. The second-order valence-corrected chi connectivity index (χ2v) is 7.21. The van der Waals surface area contributed by atoms with E-state index in [2.05, 4.69) is 25.8 Å². The van der Waals surface area contributed by atoms with Gasteiger partial charge in [-0.2, -0.15) is 0 Å². The molecule has 140 valence electrons. The highest BCUT2D eigenvalue weighted by Gasteiger charge is 2.13. The second kappa shape index (κ2) is 7.48. The number of aromatic nitrogens is 2. The van der Waals surface area contributed by atoms with Gasteiger partial charge in [-0.1, -0.05) is 12.1 Å². The van der Waals surface area contributed by atoms with Crippen molar-refractivity contribution in [3.63, 3.8) is 0 Å². The number of methoxy groups -OCH3 is 1. The molecule has 0 fully saturated rings. The first-order valence-electron chi connectivity index (χ1n) is 8.73. The molecule has 4 aromatic rings. The van der Waals surface area contributed by atoms with Crippen LogP contribution in [0.25, 0.3) is 22.4 Å². The molecule has 4 rings (SSSR count). The van der Waals surface area contributed by atoms with Crippen LogP contribution in [0.5, 0.6) is 5.75 Å². The van der Waals surface area contributed by atoms with Crippen LogP contribution in [-0.4, -0.2) is 22.6 Å². The number of anilines is 1. The summed E-state index contributed by atoms with van der Waals surface area (Å²) in [4.78, 5) is 17.3. The molecule has 0 aliphatic heterocycles. The molecule has 1 aromatic heterocycles. The predicted octanol–water partition coefficient (Wildman–Crippen LogP) is 5.26. The number of nitrogens with one attached hydrogen (secondary N) is 1. The van der Waals surface area contributed by atoms with Crippen molar-refractivity contribution in [1.82, 2.24) is 9.55 Å². The lowest BCUT2D eigenvalue weighted by Gasteiger charge is -2.09. The van der Waals surface area contributed by atoms with Crippen molar-refractivity contribution in [3.05, 3.63) is 76.8 Å². The van der Waals surface area contributed by atoms with E-state index in [-0.39, 0.29) is 5.91 Å². The summed E-state index contributed by atoms with van der Waals surface area (Å²) in [5, 5.41) is 2.92. The number of aryl methyl sites for hydroxylation is 1. The van der Waals surface area contributed by atoms with Gasteiger partial charge in [-0.05, 0) is 70.5 Å². The molecule has 0 radical (unpaired) electrons. The third kappa shape index (κ3) is 3.39. The molecule has 0 aliphatic carbocycles. The molecule has 0 saturated heterocycles. The van der Waals surface area contributed by atoms with Gasteiger partial charge in [0, 0.05) is 22.8 Å². The highest BCUT2D eigenvalue weighted by molar-refractivity contribution is 9.10. The minimum absolute atomic E-state index is 0.207. The number of halogens is 1. The van der Waals surface area contributed by atoms with Crippen LogP contribution in [0, 0.1) is 0 Å². The van der Waals surface area contributed by atoms with E-state index in [1.807, 2.05) is 55.6 Å². The van der Waals surface area contributed by atoms with Crippen molar-refractivity contribution in [1.29, 1.82) is 0 Å². The fourth-order valence-electron chi connectivity index (χ4n) is 3.11. The first kappa shape index (κ1) is 18.3. The Morgan fingerprint density at radius 2 is 1.82 bits per heavy atom. The second-order valence-electron chi connectivity index (χ2n) is 6.36. The maximum absolute atomic E-state index is 12.6. The van der Waals surface area contributed by atoms with Gasteiger partial charge in [-0.25, -0.2) is 4.98 Å². The van der Waals surface area contributed by atoms with Crippen LogP contribution in [-0.2, 0) is 7.05 Å². The van der Waals surface area contributed by atoms with Crippen LogP contribution in [0.1, 0.15) is 10.4 Å². The molecule has 0 aliphatic rings. The van der Waals surface area contributed by atoms with Gasteiger partial charge in [0.25, 0.3) is 5.91 Å². The number of nitrogens with zero attached hydrogens (tertiary/aromatic N) is 2. The van der Waals surface area contributed by atoms with Crippen LogP contribution < -0.4 is 10.1 Å². The highest BCUT2D eigenvalue weighted by Crippen LogP contribution is 2.26. The zero-order valence-electron chi connectivity index (χ0n) is 15.4. The molecule has 3 aromatic carbocycles. The molecule has 0 atom stereocenters. The summed E-state index contributed by atoms with van der Waals surface area (Å²) in [6, 6.07) is 21.0. The number of hydrogen-bond donors (Lipinski definition) is 1.